The summed E-state index contributed by atoms with van der Waals surface area (Å²) in [6.45, 7) is 2.23. The van der Waals surface area contributed by atoms with Crippen molar-refractivity contribution in [1.29, 1.82) is 0 Å². The van der Waals surface area contributed by atoms with Crippen molar-refractivity contribution in [3.63, 3.8) is 0 Å². The summed E-state index contributed by atoms with van der Waals surface area (Å²) < 4.78 is 29.5. The molecule has 0 spiro atoms. The normalized spacial score (nSPS) is 10.7. The number of ether oxygens (including phenoxy) is 2. The molecule has 0 aliphatic carbocycles. The monoisotopic (exact) mass is 426 g/mol. The van der Waals surface area contributed by atoms with Crippen LogP contribution in [0.1, 0.15) is 17.0 Å². The van der Waals surface area contributed by atoms with Gasteiger partial charge in [0, 0.05) is 30.0 Å². The number of aromatic amines is 1. The minimum absolute atomic E-state index is 0.0188. The van der Waals surface area contributed by atoms with E-state index >= 15 is 0 Å². The first-order chi connectivity index (χ1) is 15.1. The van der Waals surface area contributed by atoms with Crippen LogP contribution in [0, 0.1) is 12.7 Å². The van der Waals surface area contributed by atoms with Gasteiger partial charge in [0.25, 0.3) is 0 Å². The first-order valence-corrected chi connectivity index (χ1v) is 9.22. The number of rotatable bonds is 9. The molecule has 0 aliphatic rings. The molecule has 3 N–H and O–H groups in total. The van der Waals surface area contributed by atoms with Gasteiger partial charge >= 0.3 is 0 Å². The van der Waals surface area contributed by atoms with E-state index in [0.717, 1.165) is 11.9 Å². The van der Waals surface area contributed by atoms with Gasteiger partial charge in [0.05, 0.1) is 25.5 Å². The predicted molar refractivity (Wildman–Crippen MR) is 108 cm³/mol. The molecule has 0 amide bonds. The smallest absolute Gasteiger partial charge is 0.224 e. The van der Waals surface area contributed by atoms with Gasteiger partial charge in [0.15, 0.2) is 11.6 Å². The molecule has 0 radical (unpaired) electrons. The van der Waals surface area contributed by atoms with E-state index in [1.165, 1.54) is 13.2 Å². The van der Waals surface area contributed by atoms with Crippen LogP contribution in [-0.4, -0.2) is 37.4 Å². The third-order valence-electron chi connectivity index (χ3n) is 4.07. The van der Waals surface area contributed by atoms with Gasteiger partial charge in [-0.15, -0.1) is 0 Å². The second kappa shape index (κ2) is 9.07. The van der Waals surface area contributed by atoms with Gasteiger partial charge < -0.3 is 24.6 Å². The zero-order valence-electron chi connectivity index (χ0n) is 16.7. The number of anilines is 3. The van der Waals surface area contributed by atoms with Crippen LogP contribution in [0.5, 0.6) is 11.8 Å². The van der Waals surface area contributed by atoms with Crippen molar-refractivity contribution in [3.05, 3.63) is 59.5 Å². The lowest BCUT2D eigenvalue weighted by Crippen LogP contribution is -2.04. The van der Waals surface area contributed by atoms with Crippen molar-refractivity contribution in [2.24, 2.45) is 0 Å². The van der Waals surface area contributed by atoms with E-state index < -0.39 is 5.82 Å². The molecule has 0 fully saturated rings. The molecule has 12 heteroatoms. The SMILES string of the molecule is COc1cc(COc2cc(Nc3ccnc(NCc4cc(C)no4)n3)n[nH]2)c(F)cn1. The number of nitrogens with one attached hydrogen (secondary N) is 3. The molecule has 4 rings (SSSR count). The molecule has 0 saturated carbocycles. The van der Waals surface area contributed by atoms with Crippen LogP contribution in [0.15, 0.2) is 41.2 Å². The molecule has 0 aromatic carbocycles. The van der Waals surface area contributed by atoms with Gasteiger partial charge in [-0.05, 0) is 13.0 Å². The van der Waals surface area contributed by atoms with E-state index in [2.05, 4.69) is 40.9 Å². The summed E-state index contributed by atoms with van der Waals surface area (Å²) >= 11 is 0. The van der Waals surface area contributed by atoms with Crippen molar-refractivity contribution in [3.8, 4) is 11.8 Å². The number of aromatic nitrogens is 6. The molecule has 11 nitrogen and oxygen atoms in total. The van der Waals surface area contributed by atoms with Crippen molar-refractivity contribution >= 4 is 17.6 Å². The van der Waals surface area contributed by atoms with Crippen LogP contribution in [0.2, 0.25) is 0 Å². The average molecular weight is 426 g/mol. The van der Waals surface area contributed by atoms with Crippen molar-refractivity contribution in [2.75, 3.05) is 17.7 Å². The summed E-state index contributed by atoms with van der Waals surface area (Å²) in [6.07, 6.45) is 2.69. The predicted octanol–water partition coefficient (Wildman–Crippen LogP) is 2.97. The Hall–Kier alpha value is -4.22. The maximum Gasteiger partial charge on any atom is 0.224 e. The highest BCUT2D eigenvalue weighted by molar-refractivity contribution is 5.53. The molecule has 4 heterocycles. The number of hydrogen-bond acceptors (Lipinski definition) is 10. The number of nitrogens with zero attached hydrogens (tertiary/aromatic N) is 5. The Kier molecular flexibility index (Phi) is 5.87. The Balaban J connectivity index is 1.34. The summed E-state index contributed by atoms with van der Waals surface area (Å²) in [4.78, 5) is 12.3. The molecule has 0 saturated heterocycles. The minimum atomic E-state index is -0.486. The summed E-state index contributed by atoms with van der Waals surface area (Å²) in [5.41, 5.74) is 1.11. The first-order valence-electron chi connectivity index (χ1n) is 9.22. The molecular formula is C19H19FN8O3. The second-order valence-electron chi connectivity index (χ2n) is 6.40. The number of H-pyrrole nitrogens is 1. The standard InChI is InChI=1S/C19H19FN8O3/c1-11-5-13(31-28-11)8-23-19-21-4-3-15(25-19)24-16-7-18(27-26-16)30-10-12-6-17(29-2)22-9-14(12)20/h3-7,9H,8,10H2,1-2H3,(H3,21,23,24,25,26,27). The van der Waals surface area contributed by atoms with Crippen molar-refractivity contribution < 1.29 is 18.4 Å². The van der Waals surface area contributed by atoms with E-state index in [0.29, 0.717) is 47.2 Å². The lowest BCUT2D eigenvalue weighted by molar-refractivity contribution is 0.285. The van der Waals surface area contributed by atoms with Crippen molar-refractivity contribution in [1.82, 2.24) is 30.3 Å². The Bertz CT molecular complexity index is 1160. The van der Waals surface area contributed by atoms with Gasteiger partial charge in [0.2, 0.25) is 17.7 Å². The lowest BCUT2D eigenvalue weighted by Gasteiger charge is -2.06. The number of hydrogen-bond donors (Lipinski definition) is 3. The molecule has 4 aromatic rings. The van der Waals surface area contributed by atoms with E-state index in [1.54, 1.807) is 18.3 Å². The third kappa shape index (κ3) is 5.23. The molecule has 0 bridgehead atoms. The fourth-order valence-corrected chi connectivity index (χ4v) is 2.59. The second-order valence-corrected chi connectivity index (χ2v) is 6.40. The molecule has 0 atom stereocenters. The van der Waals surface area contributed by atoms with Crippen molar-refractivity contribution in [2.45, 2.75) is 20.1 Å². The largest absolute Gasteiger partial charge is 0.481 e. The summed E-state index contributed by atoms with van der Waals surface area (Å²) in [5, 5.41) is 16.8. The van der Waals surface area contributed by atoms with Crippen LogP contribution in [-0.2, 0) is 13.2 Å². The number of halogens is 1. The highest BCUT2D eigenvalue weighted by atomic mass is 19.1. The molecule has 0 unspecified atom stereocenters. The van der Waals surface area contributed by atoms with Gasteiger partial charge in [-0.1, -0.05) is 5.16 Å². The van der Waals surface area contributed by atoms with E-state index in [1.807, 2.05) is 13.0 Å². The molecule has 160 valence electrons. The molecular weight excluding hydrogens is 407 g/mol. The topological polar surface area (TPSA) is 136 Å². The molecule has 0 aliphatic heterocycles. The third-order valence-corrected chi connectivity index (χ3v) is 4.07. The van der Waals surface area contributed by atoms with Gasteiger partial charge in [0.1, 0.15) is 18.2 Å². The Morgan fingerprint density at radius 3 is 2.90 bits per heavy atom. The lowest BCUT2D eigenvalue weighted by atomic mass is 10.3. The van der Waals surface area contributed by atoms with Crippen LogP contribution >= 0.6 is 0 Å². The zero-order valence-corrected chi connectivity index (χ0v) is 16.7. The van der Waals surface area contributed by atoms with Gasteiger partial charge in [-0.25, -0.2) is 19.5 Å². The Morgan fingerprint density at radius 1 is 1.19 bits per heavy atom. The number of methoxy groups -OCH3 is 1. The fourth-order valence-electron chi connectivity index (χ4n) is 2.59. The van der Waals surface area contributed by atoms with Gasteiger partial charge in [-0.3, -0.25) is 0 Å². The summed E-state index contributed by atoms with van der Waals surface area (Å²) in [5.74, 6) is 2.25. The maximum atomic E-state index is 13.8. The van der Waals surface area contributed by atoms with E-state index in [-0.39, 0.29) is 6.61 Å². The van der Waals surface area contributed by atoms with Crippen LogP contribution in [0.4, 0.5) is 22.0 Å². The van der Waals surface area contributed by atoms with E-state index in [4.69, 9.17) is 14.0 Å². The summed E-state index contributed by atoms with van der Waals surface area (Å²) in [6, 6.07) is 6.62. The Labute approximate surface area is 176 Å². The fraction of sp³-hybridized carbons (Fsp3) is 0.211. The number of aryl methyl sites for hydroxylation is 1. The van der Waals surface area contributed by atoms with Crippen LogP contribution in [0.3, 0.4) is 0 Å². The van der Waals surface area contributed by atoms with Crippen LogP contribution < -0.4 is 20.1 Å². The zero-order chi connectivity index (χ0) is 21.6. The van der Waals surface area contributed by atoms with E-state index in [9.17, 15) is 4.39 Å². The number of pyridine rings is 1. The first kappa shape index (κ1) is 20.1. The van der Waals surface area contributed by atoms with Gasteiger partial charge in [-0.2, -0.15) is 10.1 Å². The molecule has 31 heavy (non-hydrogen) atoms. The Morgan fingerprint density at radius 2 is 2.10 bits per heavy atom. The summed E-state index contributed by atoms with van der Waals surface area (Å²) in [7, 11) is 1.46. The highest BCUT2D eigenvalue weighted by Crippen LogP contribution is 2.20. The van der Waals surface area contributed by atoms with Crippen LogP contribution in [0.25, 0.3) is 0 Å². The average Bonchev–Trinajstić information content (AvgIpc) is 3.40. The highest BCUT2D eigenvalue weighted by Gasteiger charge is 2.09. The molecule has 4 aromatic heterocycles. The minimum Gasteiger partial charge on any atom is -0.481 e. The maximum absolute atomic E-state index is 13.8. The quantitative estimate of drug-likeness (QED) is 0.366.